The molecule has 1 nitrogen and oxygen atoms in total. The van der Waals surface area contributed by atoms with Crippen LogP contribution in [0.15, 0.2) is 32.5 Å². The molecule has 0 saturated heterocycles. The molecule has 1 N–H and O–H groups in total. The Morgan fingerprint density at radius 1 is 1.26 bits per heavy atom. The number of nitrogens with one attached hydrogen (secondary N) is 1. The summed E-state index contributed by atoms with van der Waals surface area (Å²) in [6.07, 6.45) is 0.532. The van der Waals surface area contributed by atoms with E-state index >= 15 is 0 Å². The fraction of sp³-hybridized carbons (Fsp3) is 0.231. The molecule has 1 heterocycles. The molecule has 0 aliphatic rings. The second-order valence-corrected chi connectivity index (χ2v) is 6.79. The van der Waals surface area contributed by atoms with E-state index in [9.17, 15) is 8.78 Å². The van der Waals surface area contributed by atoms with Crippen molar-refractivity contribution in [3.05, 3.63) is 54.6 Å². The summed E-state index contributed by atoms with van der Waals surface area (Å²) in [5.74, 6) is -1.09. The van der Waals surface area contributed by atoms with Crippen molar-refractivity contribution < 1.29 is 8.78 Å². The second kappa shape index (κ2) is 6.43. The molecular weight excluding hydrogens is 400 g/mol. The molecule has 2 aromatic rings. The third-order valence-electron chi connectivity index (χ3n) is 2.82. The minimum atomic E-state index is -0.543. The topological polar surface area (TPSA) is 12.0 Å². The Bertz CT molecular complexity index is 563. The molecule has 1 aromatic carbocycles. The minimum Gasteiger partial charge on any atom is -0.313 e. The van der Waals surface area contributed by atoms with E-state index in [4.69, 9.17) is 0 Å². The van der Waals surface area contributed by atoms with E-state index in [1.54, 1.807) is 18.4 Å². The first-order chi connectivity index (χ1) is 9.02. The lowest BCUT2D eigenvalue weighted by atomic mass is 10.0. The van der Waals surface area contributed by atoms with Crippen molar-refractivity contribution in [3.63, 3.8) is 0 Å². The maximum absolute atomic E-state index is 14.0. The zero-order valence-electron chi connectivity index (χ0n) is 10.0. The molecule has 19 heavy (non-hydrogen) atoms. The minimum absolute atomic E-state index is 0.0750. The highest BCUT2D eigenvalue weighted by Crippen LogP contribution is 2.31. The Balaban J connectivity index is 2.35. The molecule has 0 spiro atoms. The van der Waals surface area contributed by atoms with Crippen LogP contribution in [-0.4, -0.2) is 7.05 Å². The fourth-order valence-corrected chi connectivity index (χ4v) is 3.85. The summed E-state index contributed by atoms with van der Waals surface area (Å²) >= 11 is 8.08. The van der Waals surface area contributed by atoms with Gasteiger partial charge in [-0.05, 0) is 46.6 Å². The summed E-state index contributed by atoms with van der Waals surface area (Å²) < 4.78 is 29.3. The zero-order valence-corrected chi connectivity index (χ0v) is 14.0. The summed E-state index contributed by atoms with van der Waals surface area (Å²) in [7, 11) is 1.70. The van der Waals surface area contributed by atoms with E-state index in [1.165, 1.54) is 12.1 Å². The molecule has 2 rings (SSSR count). The molecule has 0 amide bonds. The highest BCUT2D eigenvalue weighted by atomic mass is 79.9. The average molecular weight is 411 g/mol. The molecule has 0 saturated carbocycles. The molecular formula is C13H11Br2F2NS. The van der Waals surface area contributed by atoms with Gasteiger partial charge in [0.25, 0.3) is 0 Å². The van der Waals surface area contributed by atoms with E-state index in [0.29, 0.717) is 10.9 Å². The molecule has 1 atom stereocenters. The smallest absolute Gasteiger partial charge is 0.132 e. The predicted octanol–water partition coefficient (Wildman–Crippen LogP) is 5.05. The number of likely N-dealkylation sites (N-methyl/N-ethyl adjacent to an activating group) is 1. The molecule has 1 aromatic heterocycles. The van der Waals surface area contributed by atoms with Gasteiger partial charge in [0.05, 0.1) is 0 Å². The van der Waals surface area contributed by atoms with Gasteiger partial charge in [0, 0.05) is 31.8 Å². The third-order valence-corrected chi connectivity index (χ3v) is 5.23. The van der Waals surface area contributed by atoms with E-state index in [1.807, 2.05) is 11.4 Å². The third kappa shape index (κ3) is 3.42. The first-order valence-electron chi connectivity index (χ1n) is 5.56. The van der Waals surface area contributed by atoms with Gasteiger partial charge < -0.3 is 5.32 Å². The summed E-state index contributed by atoms with van der Waals surface area (Å²) in [5, 5.41) is 4.92. The lowest BCUT2D eigenvalue weighted by molar-refractivity contribution is 0.490. The maximum Gasteiger partial charge on any atom is 0.132 e. The van der Waals surface area contributed by atoms with Crippen LogP contribution in [0, 0.1) is 11.6 Å². The quantitative estimate of drug-likeness (QED) is 0.743. The van der Waals surface area contributed by atoms with Crippen LogP contribution < -0.4 is 5.32 Å². The summed E-state index contributed by atoms with van der Waals surface area (Å²) in [5.41, 5.74) is 0.0750. The van der Waals surface area contributed by atoms with E-state index in [-0.39, 0.29) is 5.56 Å². The largest absolute Gasteiger partial charge is 0.313 e. The summed E-state index contributed by atoms with van der Waals surface area (Å²) in [6, 6.07) is 4.10. The van der Waals surface area contributed by atoms with Gasteiger partial charge in [0.1, 0.15) is 11.6 Å². The first kappa shape index (κ1) is 15.1. The Morgan fingerprint density at radius 3 is 2.37 bits per heavy atom. The number of thiophene rings is 1. The first-order valence-corrected chi connectivity index (χ1v) is 8.03. The van der Waals surface area contributed by atoms with E-state index in [2.05, 4.69) is 37.2 Å². The summed E-state index contributed by atoms with van der Waals surface area (Å²) in [4.78, 5) is 1.06. The summed E-state index contributed by atoms with van der Waals surface area (Å²) in [6.45, 7) is 0. The van der Waals surface area contributed by atoms with Crippen molar-refractivity contribution in [3.8, 4) is 0 Å². The Hall–Kier alpha value is -0.300. The van der Waals surface area contributed by atoms with Gasteiger partial charge in [0.15, 0.2) is 0 Å². The SMILES string of the molecule is CNC(Cc1sccc1Br)c1c(F)cc(Br)cc1F. The maximum atomic E-state index is 14.0. The standard InChI is InChI=1S/C13H11Br2F2NS/c1-18-11(6-12-8(15)2-3-19-12)13-9(16)4-7(14)5-10(13)17/h2-5,11,18H,6H2,1H3. The van der Waals surface area contributed by atoms with Crippen LogP contribution in [0.3, 0.4) is 0 Å². The molecule has 0 aliphatic carbocycles. The molecule has 102 valence electrons. The van der Waals surface area contributed by atoms with Gasteiger partial charge in [-0.25, -0.2) is 8.78 Å². The molecule has 0 radical (unpaired) electrons. The van der Waals surface area contributed by atoms with Crippen LogP contribution in [0.1, 0.15) is 16.5 Å². The van der Waals surface area contributed by atoms with Crippen molar-refractivity contribution in [1.82, 2.24) is 5.32 Å². The van der Waals surface area contributed by atoms with Crippen LogP contribution >= 0.6 is 43.2 Å². The van der Waals surface area contributed by atoms with Crippen LogP contribution in [0.4, 0.5) is 8.78 Å². The highest BCUT2D eigenvalue weighted by molar-refractivity contribution is 9.10. The van der Waals surface area contributed by atoms with Crippen LogP contribution in [0.2, 0.25) is 0 Å². The van der Waals surface area contributed by atoms with Gasteiger partial charge in [0.2, 0.25) is 0 Å². The van der Waals surface area contributed by atoms with Crippen LogP contribution in [-0.2, 0) is 6.42 Å². The fourth-order valence-electron chi connectivity index (χ4n) is 1.89. The molecule has 1 unspecified atom stereocenters. The second-order valence-electron chi connectivity index (χ2n) is 4.02. The highest BCUT2D eigenvalue weighted by Gasteiger charge is 2.21. The lowest BCUT2D eigenvalue weighted by Gasteiger charge is -2.18. The zero-order chi connectivity index (χ0) is 14.0. The van der Waals surface area contributed by atoms with Gasteiger partial charge in [-0.1, -0.05) is 15.9 Å². The molecule has 0 fully saturated rings. The van der Waals surface area contributed by atoms with Crippen molar-refractivity contribution >= 4 is 43.2 Å². The molecule has 0 aliphatic heterocycles. The van der Waals surface area contributed by atoms with Crippen molar-refractivity contribution in [1.29, 1.82) is 0 Å². The van der Waals surface area contributed by atoms with Crippen molar-refractivity contribution in [2.24, 2.45) is 0 Å². The molecule has 0 bridgehead atoms. The number of hydrogen-bond donors (Lipinski definition) is 1. The average Bonchev–Trinajstić information content (AvgIpc) is 2.72. The number of halogens is 4. The Morgan fingerprint density at radius 2 is 1.89 bits per heavy atom. The van der Waals surface area contributed by atoms with Crippen LogP contribution in [0.5, 0.6) is 0 Å². The van der Waals surface area contributed by atoms with Gasteiger partial charge in [-0.2, -0.15) is 0 Å². The normalized spacial score (nSPS) is 12.7. The van der Waals surface area contributed by atoms with Crippen molar-refractivity contribution in [2.75, 3.05) is 7.05 Å². The van der Waals surface area contributed by atoms with Crippen LogP contribution in [0.25, 0.3) is 0 Å². The molecule has 6 heteroatoms. The Kier molecular flexibility index (Phi) is 5.11. The van der Waals surface area contributed by atoms with E-state index < -0.39 is 17.7 Å². The number of benzene rings is 1. The predicted molar refractivity (Wildman–Crippen MR) is 81.6 cm³/mol. The lowest BCUT2D eigenvalue weighted by Crippen LogP contribution is -2.21. The van der Waals surface area contributed by atoms with Crippen molar-refractivity contribution in [2.45, 2.75) is 12.5 Å². The van der Waals surface area contributed by atoms with Gasteiger partial charge >= 0.3 is 0 Å². The Labute approximate surface area is 131 Å². The van der Waals surface area contributed by atoms with E-state index in [0.717, 1.165) is 9.35 Å². The number of hydrogen-bond acceptors (Lipinski definition) is 2. The number of rotatable bonds is 4. The van der Waals surface area contributed by atoms with Gasteiger partial charge in [-0.15, -0.1) is 11.3 Å². The van der Waals surface area contributed by atoms with Gasteiger partial charge in [-0.3, -0.25) is 0 Å². The monoisotopic (exact) mass is 409 g/mol.